The number of halogens is 1. The minimum Gasteiger partial charge on any atom is -0.481 e. The maximum atomic E-state index is 10.6. The number of aryl methyl sites for hydroxylation is 1. The van der Waals surface area contributed by atoms with Crippen molar-refractivity contribution in [2.75, 3.05) is 25.0 Å². The standard InChI is InChI=1S/C22H28N2O2S.C2H6.CH3ClO/c1-16-12-13-18-20(15-16)27-24(2)19-10-7-6-9-17(19)22(18)23-14-8-4-3-5-11-21(25)26;1-2;1-3-2/h6-7,9-10,12-13,15,22-23H,3-5,8,11,14H2,1-2H3,(H,25,26);1-2H3;1H3. The molecule has 0 saturated carbocycles. The highest BCUT2D eigenvalue weighted by atomic mass is 35.5. The molecule has 2 aromatic carbocycles. The second kappa shape index (κ2) is 16.0. The summed E-state index contributed by atoms with van der Waals surface area (Å²) in [6.45, 7) is 7.06. The average Bonchev–Trinajstić information content (AvgIpc) is 2.89. The van der Waals surface area contributed by atoms with Gasteiger partial charge in [-0.2, -0.15) is 0 Å². The van der Waals surface area contributed by atoms with Gasteiger partial charge in [-0.15, -0.1) is 0 Å². The zero-order valence-corrected chi connectivity index (χ0v) is 21.4. The molecule has 2 aromatic rings. The smallest absolute Gasteiger partial charge is 0.303 e. The van der Waals surface area contributed by atoms with Crippen LogP contribution in [0.25, 0.3) is 0 Å². The molecule has 1 unspecified atom stereocenters. The van der Waals surface area contributed by atoms with Crippen molar-refractivity contribution in [1.82, 2.24) is 5.32 Å². The van der Waals surface area contributed by atoms with Crippen LogP contribution in [0.3, 0.4) is 0 Å². The van der Waals surface area contributed by atoms with E-state index in [-0.39, 0.29) is 12.5 Å². The zero-order valence-electron chi connectivity index (χ0n) is 19.9. The number of unbranched alkanes of at least 4 members (excludes halogenated alkanes) is 3. The Balaban J connectivity index is 0.000000944. The highest BCUT2D eigenvalue weighted by Crippen LogP contribution is 2.43. The summed E-state index contributed by atoms with van der Waals surface area (Å²) >= 11 is 6.28. The minimum atomic E-state index is -0.697. The topological polar surface area (TPSA) is 61.8 Å². The van der Waals surface area contributed by atoms with Crippen molar-refractivity contribution in [2.24, 2.45) is 0 Å². The molecule has 1 aliphatic heterocycles. The molecule has 178 valence electrons. The molecule has 0 spiro atoms. The highest BCUT2D eigenvalue weighted by Gasteiger charge is 2.26. The highest BCUT2D eigenvalue weighted by molar-refractivity contribution is 8.00. The van der Waals surface area contributed by atoms with E-state index in [9.17, 15) is 4.79 Å². The molecule has 0 saturated heterocycles. The van der Waals surface area contributed by atoms with E-state index in [1.54, 1.807) is 11.9 Å². The van der Waals surface area contributed by atoms with Crippen LogP contribution < -0.4 is 9.62 Å². The second-order valence-electron chi connectivity index (χ2n) is 7.29. The Hall–Kier alpha value is -1.73. The molecule has 1 aliphatic rings. The van der Waals surface area contributed by atoms with E-state index >= 15 is 0 Å². The Kier molecular flexibility index (Phi) is 14.1. The van der Waals surface area contributed by atoms with Gasteiger partial charge in [0.1, 0.15) is 0 Å². The molecule has 0 radical (unpaired) electrons. The van der Waals surface area contributed by atoms with Crippen molar-refractivity contribution in [3.63, 3.8) is 0 Å². The Morgan fingerprint density at radius 2 is 1.78 bits per heavy atom. The van der Waals surface area contributed by atoms with Crippen LogP contribution in [-0.2, 0) is 9.08 Å². The van der Waals surface area contributed by atoms with E-state index in [4.69, 9.17) is 5.11 Å². The van der Waals surface area contributed by atoms with Gasteiger partial charge in [0.15, 0.2) is 0 Å². The van der Waals surface area contributed by atoms with Gasteiger partial charge < -0.3 is 14.7 Å². The van der Waals surface area contributed by atoms with Crippen molar-refractivity contribution in [2.45, 2.75) is 63.8 Å². The summed E-state index contributed by atoms with van der Waals surface area (Å²) in [5, 5.41) is 12.5. The number of rotatable bonds is 8. The number of carbonyl (C=O) groups is 1. The van der Waals surface area contributed by atoms with Gasteiger partial charge in [0, 0.05) is 18.4 Å². The molecule has 1 heterocycles. The van der Waals surface area contributed by atoms with Crippen LogP contribution in [0.5, 0.6) is 0 Å². The predicted octanol–water partition coefficient (Wildman–Crippen LogP) is 6.98. The largest absolute Gasteiger partial charge is 0.481 e. The first-order chi connectivity index (χ1) is 15.5. The van der Waals surface area contributed by atoms with Crippen LogP contribution in [0.4, 0.5) is 5.69 Å². The summed E-state index contributed by atoms with van der Waals surface area (Å²) in [5.74, 6) is -0.697. The monoisotopic (exact) mass is 480 g/mol. The second-order valence-corrected chi connectivity index (χ2v) is 8.77. The quantitative estimate of drug-likeness (QED) is 0.314. The molecule has 0 fully saturated rings. The maximum Gasteiger partial charge on any atom is 0.303 e. The van der Waals surface area contributed by atoms with Crippen molar-refractivity contribution < 1.29 is 14.2 Å². The summed E-state index contributed by atoms with van der Waals surface area (Å²) in [6.07, 6.45) is 4.14. The van der Waals surface area contributed by atoms with Crippen LogP contribution in [0, 0.1) is 6.92 Å². The lowest BCUT2D eigenvalue weighted by molar-refractivity contribution is -0.137. The fraction of sp³-hybridized carbons (Fsp3) is 0.480. The van der Waals surface area contributed by atoms with Gasteiger partial charge >= 0.3 is 5.97 Å². The number of hydrogen-bond acceptors (Lipinski definition) is 5. The predicted molar refractivity (Wildman–Crippen MR) is 137 cm³/mol. The molecule has 2 N–H and O–H groups in total. The molecule has 1 atom stereocenters. The fourth-order valence-electron chi connectivity index (χ4n) is 3.56. The lowest BCUT2D eigenvalue weighted by Crippen LogP contribution is -2.24. The van der Waals surface area contributed by atoms with E-state index in [0.29, 0.717) is 0 Å². The Labute approximate surface area is 202 Å². The normalized spacial score (nSPS) is 14.1. The zero-order chi connectivity index (χ0) is 23.9. The first-order valence-corrected chi connectivity index (χ1v) is 12.3. The van der Waals surface area contributed by atoms with E-state index in [0.717, 1.165) is 32.2 Å². The molecule has 0 aliphatic carbocycles. The van der Waals surface area contributed by atoms with Crippen molar-refractivity contribution in [1.29, 1.82) is 0 Å². The molecule has 0 aromatic heterocycles. The number of aliphatic carboxylic acids is 1. The number of anilines is 1. The third-order valence-corrected chi connectivity index (χ3v) is 5.99. The van der Waals surface area contributed by atoms with Gasteiger partial charge in [-0.25, -0.2) is 0 Å². The number of carboxylic acids is 1. The molecule has 32 heavy (non-hydrogen) atoms. The van der Waals surface area contributed by atoms with Crippen LogP contribution in [0.15, 0.2) is 47.4 Å². The number of benzene rings is 2. The summed E-state index contributed by atoms with van der Waals surface area (Å²) in [7, 11) is 3.52. The minimum absolute atomic E-state index is 0.174. The molecule has 3 rings (SSSR count). The van der Waals surface area contributed by atoms with Gasteiger partial charge in [-0.3, -0.25) is 9.08 Å². The first-order valence-electron chi connectivity index (χ1n) is 11.2. The number of hydrogen-bond donors (Lipinski definition) is 2. The van der Waals surface area contributed by atoms with Crippen molar-refractivity contribution in [3.05, 3.63) is 59.2 Å². The van der Waals surface area contributed by atoms with Gasteiger partial charge in [0.25, 0.3) is 0 Å². The van der Waals surface area contributed by atoms with Crippen LogP contribution in [-0.4, -0.2) is 31.8 Å². The van der Waals surface area contributed by atoms with Crippen LogP contribution in [0.1, 0.15) is 68.7 Å². The molecule has 0 bridgehead atoms. The summed E-state index contributed by atoms with van der Waals surface area (Å²) in [5.41, 5.74) is 5.15. The third-order valence-electron chi connectivity index (χ3n) is 4.97. The average molecular weight is 481 g/mol. The van der Waals surface area contributed by atoms with Gasteiger partial charge in [-0.05, 0) is 67.1 Å². The molecule has 7 heteroatoms. The van der Waals surface area contributed by atoms with E-state index < -0.39 is 5.97 Å². The maximum absolute atomic E-state index is 10.6. The van der Waals surface area contributed by atoms with Crippen molar-refractivity contribution in [3.8, 4) is 0 Å². The van der Waals surface area contributed by atoms with Crippen molar-refractivity contribution >= 4 is 35.5 Å². The van der Waals surface area contributed by atoms with Crippen LogP contribution in [0.2, 0.25) is 0 Å². The first kappa shape index (κ1) is 28.3. The molecular formula is C25H37ClN2O3S. The SMILES string of the molecule is CC.COCl.Cc1ccc2c(c1)SN(C)c1ccccc1C2NCCCCCCC(=O)O. The number of nitrogens with zero attached hydrogens (tertiary/aromatic N) is 1. The molecular weight excluding hydrogens is 444 g/mol. The Morgan fingerprint density at radius 3 is 2.47 bits per heavy atom. The lowest BCUT2D eigenvalue weighted by atomic mass is 9.96. The molecule has 0 amide bonds. The van der Waals surface area contributed by atoms with Crippen LogP contribution >= 0.6 is 23.8 Å². The van der Waals surface area contributed by atoms with Gasteiger partial charge in [0.2, 0.25) is 0 Å². The van der Waals surface area contributed by atoms with Gasteiger partial charge in [-0.1, -0.05) is 57.0 Å². The fourth-order valence-corrected chi connectivity index (χ4v) is 4.65. The Morgan fingerprint density at radius 1 is 1.12 bits per heavy atom. The third kappa shape index (κ3) is 9.02. The lowest BCUT2D eigenvalue weighted by Gasteiger charge is -2.22. The number of para-hydroxylation sites is 1. The number of carboxylic acid groups (broad SMARTS) is 1. The number of fused-ring (bicyclic) bond motifs is 2. The van der Waals surface area contributed by atoms with E-state index in [1.165, 1.54) is 34.4 Å². The summed E-state index contributed by atoms with van der Waals surface area (Å²) in [4.78, 5) is 11.9. The number of nitrogens with one attached hydrogen (secondary N) is 1. The molecule has 5 nitrogen and oxygen atoms in total. The van der Waals surface area contributed by atoms with Gasteiger partial charge in [0.05, 0.1) is 30.7 Å². The Bertz CT molecular complexity index is 820. The summed E-state index contributed by atoms with van der Waals surface area (Å²) < 4.78 is 5.97. The van der Waals surface area contributed by atoms with E-state index in [1.807, 2.05) is 13.8 Å². The summed E-state index contributed by atoms with van der Waals surface area (Å²) in [6, 6.07) is 15.5. The van der Waals surface area contributed by atoms with E-state index in [2.05, 4.69) is 82.2 Å².